The highest BCUT2D eigenvalue weighted by Crippen LogP contribution is 2.38. The van der Waals surface area contributed by atoms with Gasteiger partial charge in [0.25, 0.3) is 0 Å². The van der Waals surface area contributed by atoms with Crippen molar-refractivity contribution in [2.24, 2.45) is 0 Å². The normalized spacial score (nSPS) is 15.7. The second kappa shape index (κ2) is 6.88. The Bertz CT molecular complexity index is 884. The zero-order chi connectivity index (χ0) is 18.1. The minimum Gasteiger partial charge on any atom is -0.489 e. The van der Waals surface area contributed by atoms with Crippen molar-refractivity contribution >= 4 is 34.8 Å². The third-order valence-electron chi connectivity index (χ3n) is 4.29. The van der Waals surface area contributed by atoms with Crippen LogP contribution in [0.4, 0.5) is 11.4 Å². The van der Waals surface area contributed by atoms with Crippen LogP contribution < -0.4 is 19.7 Å². The minimum atomic E-state index is -0.214. The average Bonchev–Trinajstić information content (AvgIpc) is 2.86. The predicted octanol–water partition coefficient (Wildman–Crippen LogP) is 3.03. The van der Waals surface area contributed by atoms with Crippen molar-refractivity contribution in [3.8, 4) is 11.5 Å². The first-order chi connectivity index (χ1) is 12.6. The number of amides is 2. The number of rotatable bonds is 2. The number of hydrogen-bond acceptors (Lipinski definition) is 4. The number of ether oxygens (including phenoxy) is 2. The van der Waals surface area contributed by atoms with E-state index in [1.54, 1.807) is 18.2 Å². The van der Waals surface area contributed by atoms with E-state index in [1.807, 2.05) is 18.2 Å². The highest BCUT2D eigenvalue weighted by Gasteiger charge is 2.27. The first-order valence-corrected chi connectivity index (χ1v) is 8.77. The van der Waals surface area contributed by atoms with E-state index in [0.717, 1.165) is 6.42 Å². The van der Waals surface area contributed by atoms with Gasteiger partial charge in [-0.2, -0.15) is 0 Å². The lowest BCUT2D eigenvalue weighted by atomic mass is 10.1. The highest BCUT2D eigenvalue weighted by molar-refractivity contribution is 6.32. The zero-order valence-electron chi connectivity index (χ0n) is 14.0. The molecule has 2 aromatic rings. The van der Waals surface area contributed by atoms with Crippen LogP contribution in [0.1, 0.15) is 12.0 Å². The van der Waals surface area contributed by atoms with Crippen molar-refractivity contribution in [1.82, 2.24) is 0 Å². The molecule has 26 heavy (non-hydrogen) atoms. The molecule has 0 fully saturated rings. The first-order valence-electron chi connectivity index (χ1n) is 8.39. The van der Waals surface area contributed by atoms with Crippen molar-refractivity contribution in [3.63, 3.8) is 0 Å². The SMILES string of the molecule is O=C1CN(C(=O)Cc2cc(Cl)c3c(c2)OCCCO3)c2ccccc2N1. The van der Waals surface area contributed by atoms with Gasteiger partial charge in [0.2, 0.25) is 11.8 Å². The molecule has 0 saturated heterocycles. The van der Waals surface area contributed by atoms with E-state index in [4.69, 9.17) is 21.1 Å². The fourth-order valence-electron chi connectivity index (χ4n) is 3.11. The van der Waals surface area contributed by atoms with Gasteiger partial charge in [0.1, 0.15) is 6.54 Å². The summed E-state index contributed by atoms with van der Waals surface area (Å²) in [5, 5.41) is 3.20. The number of nitrogens with one attached hydrogen (secondary N) is 1. The summed E-state index contributed by atoms with van der Waals surface area (Å²) >= 11 is 6.30. The Morgan fingerprint density at radius 2 is 2.00 bits per heavy atom. The molecule has 0 aliphatic carbocycles. The molecular weight excluding hydrogens is 356 g/mol. The number of hydrogen-bond donors (Lipinski definition) is 1. The van der Waals surface area contributed by atoms with E-state index in [-0.39, 0.29) is 24.8 Å². The van der Waals surface area contributed by atoms with Crippen LogP contribution in [-0.4, -0.2) is 31.6 Å². The second-order valence-corrected chi connectivity index (χ2v) is 6.58. The molecule has 2 heterocycles. The van der Waals surface area contributed by atoms with Crippen LogP contribution in [0.2, 0.25) is 5.02 Å². The molecule has 1 N–H and O–H groups in total. The van der Waals surface area contributed by atoms with Gasteiger partial charge in [-0.25, -0.2) is 0 Å². The Balaban J connectivity index is 1.60. The lowest BCUT2D eigenvalue weighted by Gasteiger charge is -2.29. The number of halogens is 1. The van der Waals surface area contributed by atoms with Gasteiger partial charge >= 0.3 is 0 Å². The van der Waals surface area contributed by atoms with E-state index in [9.17, 15) is 9.59 Å². The Labute approximate surface area is 155 Å². The van der Waals surface area contributed by atoms with Crippen molar-refractivity contribution in [2.75, 3.05) is 30.0 Å². The van der Waals surface area contributed by atoms with Crippen molar-refractivity contribution in [1.29, 1.82) is 0 Å². The number of carbonyl (C=O) groups excluding carboxylic acids is 2. The molecule has 0 aromatic heterocycles. The molecule has 2 aliphatic heterocycles. The number of fused-ring (bicyclic) bond motifs is 2. The molecule has 0 saturated carbocycles. The van der Waals surface area contributed by atoms with Crippen LogP contribution in [0, 0.1) is 0 Å². The fraction of sp³-hybridized carbons (Fsp3) is 0.263. The summed E-state index contributed by atoms with van der Waals surface area (Å²) in [6.07, 6.45) is 0.886. The smallest absolute Gasteiger partial charge is 0.244 e. The maximum atomic E-state index is 12.9. The highest BCUT2D eigenvalue weighted by atomic mass is 35.5. The monoisotopic (exact) mass is 372 g/mol. The molecule has 0 radical (unpaired) electrons. The topological polar surface area (TPSA) is 67.9 Å². The molecule has 2 aliphatic rings. The van der Waals surface area contributed by atoms with Gasteiger partial charge in [0.05, 0.1) is 36.0 Å². The van der Waals surface area contributed by atoms with E-state index in [0.29, 0.717) is 46.7 Å². The molecular formula is C19H17ClN2O4. The van der Waals surface area contributed by atoms with Gasteiger partial charge in [-0.05, 0) is 29.8 Å². The summed E-state index contributed by atoms with van der Waals surface area (Å²) in [7, 11) is 0. The van der Waals surface area contributed by atoms with Crippen molar-refractivity contribution in [3.05, 3.63) is 47.0 Å². The Kier molecular flexibility index (Phi) is 4.42. The zero-order valence-corrected chi connectivity index (χ0v) is 14.7. The molecule has 4 rings (SSSR count). The summed E-state index contributed by atoms with van der Waals surface area (Å²) in [6, 6.07) is 10.7. The summed E-state index contributed by atoms with van der Waals surface area (Å²) in [6.45, 7) is 1.08. The Morgan fingerprint density at radius 3 is 2.88 bits per heavy atom. The summed E-state index contributed by atoms with van der Waals surface area (Å²) < 4.78 is 11.3. The van der Waals surface area contributed by atoms with E-state index >= 15 is 0 Å². The second-order valence-electron chi connectivity index (χ2n) is 6.18. The van der Waals surface area contributed by atoms with Crippen molar-refractivity contribution < 1.29 is 19.1 Å². The summed E-state index contributed by atoms with van der Waals surface area (Å²) in [4.78, 5) is 26.3. The predicted molar refractivity (Wildman–Crippen MR) is 98.2 cm³/mol. The van der Waals surface area contributed by atoms with Crippen LogP contribution in [0.5, 0.6) is 11.5 Å². The molecule has 0 atom stereocenters. The third-order valence-corrected chi connectivity index (χ3v) is 4.57. The average molecular weight is 373 g/mol. The third kappa shape index (κ3) is 3.20. The van der Waals surface area contributed by atoms with Gasteiger partial charge in [-0.15, -0.1) is 0 Å². The number of nitrogens with zero attached hydrogens (tertiary/aromatic N) is 1. The van der Waals surface area contributed by atoms with Gasteiger partial charge in [-0.1, -0.05) is 23.7 Å². The number of para-hydroxylation sites is 2. The van der Waals surface area contributed by atoms with Crippen LogP contribution >= 0.6 is 11.6 Å². The lowest BCUT2D eigenvalue weighted by molar-refractivity contribution is -0.121. The molecule has 2 amide bonds. The van der Waals surface area contributed by atoms with Crippen LogP contribution in [0.15, 0.2) is 36.4 Å². The first kappa shape index (κ1) is 16.7. The molecule has 0 bridgehead atoms. The van der Waals surface area contributed by atoms with Gasteiger partial charge < -0.3 is 19.7 Å². The maximum absolute atomic E-state index is 12.9. The summed E-state index contributed by atoms with van der Waals surface area (Å²) in [5.41, 5.74) is 2.04. The number of anilines is 2. The van der Waals surface area contributed by atoms with Crippen LogP contribution in [0.25, 0.3) is 0 Å². The standard InChI is InChI=1S/C19H17ClN2O4/c20-13-8-12(9-16-19(13)26-7-3-6-25-16)10-18(24)22-11-17(23)21-14-4-1-2-5-15(14)22/h1-2,4-5,8-9H,3,6-7,10-11H2,(H,21,23). The summed E-state index contributed by atoms with van der Waals surface area (Å²) in [5.74, 6) is 0.671. The molecule has 134 valence electrons. The maximum Gasteiger partial charge on any atom is 0.244 e. The molecule has 6 nitrogen and oxygen atoms in total. The van der Waals surface area contributed by atoms with Crippen LogP contribution in [-0.2, 0) is 16.0 Å². The molecule has 0 spiro atoms. The molecule has 7 heteroatoms. The van der Waals surface area contributed by atoms with Gasteiger partial charge in [-0.3, -0.25) is 9.59 Å². The molecule has 0 unspecified atom stereocenters. The van der Waals surface area contributed by atoms with E-state index in [1.165, 1.54) is 4.90 Å². The van der Waals surface area contributed by atoms with Gasteiger partial charge in [0.15, 0.2) is 11.5 Å². The molecule has 2 aromatic carbocycles. The lowest BCUT2D eigenvalue weighted by Crippen LogP contribution is -2.42. The Hall–Kier alpha value is -2.73. The fourth-order valence-corrected chi connectivity index (χ4v) is 3.40. The van der Waals surface area contributed by atoms with E-state index < -0.39 is 0 Å². The number of carbonyl (C=O) groups is 2. The van der Waals surface area contributed by atoms with E-state index in [2.05, 4.69) is 5.32 Å². The quantitative estimate of drug-likeness (QED) is 0.879. The minimum absolute atomic E-state index is 0.00582. The van der Waals surface area contributed by atoms with Crippen molar-refractivity contribution in [2.45, 2.75) is 12.8 Å². The van der Waals surface area contributed by atoms with Gasteiger partial charge in [0, 0.05) is 6.42 Å². The van der Waals surface area contributed by atoms with Crippen LogP contribution in [0.3, 0.4) is 0 Å². The Morgan fingerprint density at radius 1 is 1.19 bits per heavy atom. The number of benzene rings is 2. The largest absolute Gasteiger partial charge is 0.489 e.